The van der Waals surface area contributed by atoms with E-state index in [1.54, 1.807) is 91.0 Å². The largest absolute Gasteiger partial charge is 0.457 e. The monoisotopic (exact) mass is 468 g/mol. The number of fused-ring (bicyclic) bond motifs is 1. The molecule has 0 aliphatic rings. The third kappa shape index (κ3) is 4.60. The summed E-state index contributed by atoms with van der Waals surface area (Å²) in [5, 5.41) is 1.14. The van der Waals surface area contributed by atoms with E-state index < -0.39 is 0 Å². The van der Waals surface area contributed by atoms with Gasteiger partial charge in [0.1, 0.15) is 23.1 Å². The van der Waals surface area contributed by atoms with Gasteiger partial charge < -0.3 is 4.74 Å². The zero-order valence-corrected chi connectivity index (χ0v) is 18.6. The molecule has 0 aliphatic heterocycles. The first kappa shape index (κ1) is 21.6. The number of halogens is 2. The number of hydrogen-bond acceptors (Lipinski definition) is 3. The molecule has 0 radical (unpaired) electrons. The van der Waals surface area contributed by atoms with Gasteiger partial charge in [0.25, 0.3) is 5.56 Å². The van der Waals surface area contributed by atoms with Crippen LogP contribution in [0.5, 0.6) is 11.5 Å². The molecule has 1 heterocycles. The van der Waals surface area contributed by atoms with Crippen LogP contribution in [0.25, 0.3) is 28.7 Å². The molecule has 6 heteroatoms. The molecule has 0 amide bonds. The van der Waals surface area contributed by atoms with E-state index >= 15 is 0 Å². The van der Waals surface area contributed by atoms with Crippen molar-refractivity contribution in [3.63, 3.8) is 0 Å². The first-order valence-corrected chi connectivity index (χ1v) is 10.9. The van der Waals surface area contributed by atoms with Gasteiger partial charge in [-0.1, -0.05) is 41.9 Å². The molecule has 0 aliphatic carbocycles. The number of aromatic nitrogens is 2. The van der Waals surface area contributed by atoms with Crippen molar-refractivity contribution in [1.29, 1.82) is 0 Å². The molecule has 0 spiro atoms. The molecule has 0 saturated heterocycles. The van der Waals surface area contributed by atoms with E-state index in [9.17, 15) is 9.18 Å². The third-order valence-corrected chi connectivity index (χ3v) is 5.47. The molecule has 0 atom stereocenters. The number of nitrogens with zero attached hydrogens (tertiary/aromatic N) is 2. The highest BCUT2D eigenvalue weighted by Gasteiger charge is 2.11. The summed E-state index contributed by atoms with van der Waals surface area (Å²) in [7, 11) is 0. The molecule has 0 bridgehead atoms. The molecule has 1 aromatic heterocycles. The molecule has 5 aromatic rings. The summed E-state index contributed by atoms with van der Waals surface area (Å²) in [5.74, 6) is 1.37. The van der Waals surface area contributed by atoms with Crippen LogP contribution in [0.15, 0.2) is 102 Å². The molecule has 0 saturated carbocycles. The first-order valence-electron chi connectivity index (χ1n) is 10.6. The van der Waals surface area contributed by atoms with E-state index in [1.807, 2.05) is 6.07 Å². The van der Waals surface area contributed by atoms with Gasteiger partial charge in [-0.25, -0.2) is 9.37 Å². The Morgan fingerprint density at radius 1 is 0.824 bits per heavy atom. The summed E-state index contributed by atoms with van der Waals surface area (Å²) < 4.78 is 21.0. The predicted octanol–water partition coefficient (Wildman–Crippen LogP) is 7.14. The van der Waals surface area contributed by atoms with Gasteiger partial charge in [0.05, 0.1) is 16.6 Å². The van der Waals surface area contributed by atoms with Gasteiger partial charge in [0.2, 0.25) is 0 Å². The van der Waals surface area contributed by atoms with Crippen LogP contribution in [-0.2, 0) is 0 Å². The van der Waals surface area contributed by atoms with E-state index in [2.05, 4.69) is 4.98 Å². The third-order valence-electron chi connectivity index (χ3n) is 5.22. The van der Waals surface area contributed by atoms with Gasteiger partial charge in [-0.2, -0.15) is 0 Å². The van der Waals surface area contributed by atoms with Crippen LogP contribution in [-0.4, -0.2) is 9.55 Å². The summed E-state index contributed by atoms with van der Waals surface area (Å²) in [6.07, 6.45) is 3.44. The number of benzene rings is 4. The highest BCUT2D eigenvalue weighted by atomic mass is 35.5. The summed E-state index contributed by atoms with van der Waals surface area (Å²) in [6.45, 7) is 0. The molecule has 0 fully saturated rings. The van der Waals surface area contributed by atoms with Gasteiger partial charge in [0, 0.05) is 5.02 Å². The van der Waals surface area contributed by atoms with Crippen LogP contribution in [0.3, 0.4) is 0 Å². The van der Waals surface area contributed by atoms with E-state index in [0.717, 1.165) is 0 Å². The van der Waals surface area contributed by atoms with Crippen molar-refractivity contribution >= 4 is 34.7 Å². The summed E-state index contributed by atoms with van der Waals surface area (Å²) in [5.41, 5.74) is 1.69. The minimum atomic E-state index is -0.331. The highest BCUT2D eigenvalue weighted by Crippen LogP contribution is 2.24. The Labute approximate surface area is 200 Å². The fourth-order valence-electron chi connectivity index (χ4n) is 3.59. The molecule has 0 N–H and O–H groups in total. The fourth-order valence-corrected chi connectivity index (χ4v) is 3.72. The second-order valence-electron chi connectivity index (χ2n) is 7.57. The summed E-state index contributed by atoms with van der Waals surface area (Å²) in [4.78, 5) is 18.1. The van der Waals surface area contributed by atoms with Crippen LogP contribution in [0, 0.1) is 5.82 Å². The summed E-state index contributed by atoms with van der Waals surface area (Å²) in [6, 6.07) is 27.6. The second kappa shape index (κ2) is 9.33. The lowest BCUT2D eigenvalue weighted by atomic mass is 10.2. The van der Waals surface area contributed by atoms with Crippen LogP contribution in [0.2, 0.25) is 5.02 Å². The van der Waals surface area contributed by atoms with Gasteiger partial charge in [-0.3, -0.25) is 9.36 Å². The van der Waals surface area contributed by atoms with Crippen molar-refractivity contribution in [3.05, 3.63) is 130 Å². The smallest absolute Gasteiger partial charge is 0.266 e. The Kier molecular flexibility index (Phi) is 5.93. The normalized spacial score (nSPS) is 11.2. The van der Waals surface area contributed by atoms with Crippen LogP contribution in [0.1, 0.15) is 11.4 Å². The van der Waals surface area contributed by atoms with Gasteiger partial charge in [-0.15, -0.1) is 0 Å². The lowest BCUT2D eigenvalue weighted by Gasteiger charge is -2.12. The summed E-state index contributed by atoms with van der Waals surface area (Å²) >= 11 is 5.93. The van der Waals surface area contributed by atoms with Crippen LogP contribution >= 0.6 is 11.6 Å². The predicted molar refractivity (Wildman–Crippen MR) is 134 cm³/mol. The zero-order chi connectivity index (χ0) is 23.5. The molecule has 4 aromatic carbocycles. The maximum atomic E-state index is 13.6. The van der Waals surface area contributed by atoms with Crippen molar-refractivity contribution in [2.75, 3.05) is 0 Å². The zero-order valence-electron chi connectivity index (χ0n) is 17.9. The topological polar surface area (TPSA) is 44.1 Å². The minimum Gasteiger partial charge on any atom is -0.457 e. The van der Waals surface area contributed by atoms with E-state index in [4.69, 9.17) is 16.3 Å². The molecular weight excluding hydrogens is 451 g/mol. The molecule has 0 unspecified atom stereocenters. The Morgan fingerprint density at radius 3 is 2.26 bits per heavy atom. The maximum absolute atomic E-state index is 13.6. The van der Waals surface area contributed by atoms with E-state index in [1.165, 1.54) is 16.7 Å². The Balaban J connectivity index is 1.56. The second-order valence-corrected chi connectivity index (χ2v) is 8.00. The van der Waals surface area contributed by atoms with Gasteiger partial charge in [-0.05, 0) is 84.4 Å². The lowest BCUT2D eigenvalue weighted by molar-refractivity contribution is 0.482. The SMILES string of the molecule is O=c1c2ccccc2nc(C=Cc2cccc(F)c2)n1-c1ccc(Oc2ccc(Cl)cc2)cc1. The average molecular weight is 469 g/mol. The number of para-hydroxylation sites is 1. The standard InChI is InChI=1S/C28H18ClFN2O2/c29-20-9-13-23(14-10-20)34-24-15-11-22(12-16-24)32-27(17-8-19-4-3-5-21(30)18-19)31-26-7-2-1-6-25(26)28(32)33/h1-18H. The van der Waals surface area contributed by atoms with Crippen LogP contribution < -0.4 is 10.3 Å². The average Bonchev–Trinajstić information content (AvgIpc) is 2.85. The van der Waals surface area contributed by atoms with Crippen molar-refractivity contribution in [2.24, 2.45) is 0 Å². The maximum Gasteiger partial charge on any atom is 0.266 e. The van der Waals surface area contributed by atoms with Crippen molar-refractivity contribution in [3.8, 4) is 17.2 Å². The van der Waals surface area contributed by atoms with E-state index in [0.29, 0.717) is 44.5 Å². The van der Waals surface area contributed by atoms with E-state index in [-0.39, 0.29) is 11.4 Å². The van der Waals surface area contributed by atoms with Crippen molar-refractivity contribution < 1.29 is 9.13 Å². The van der Waals surface area contributed by atoms with Crippen LogP contribution in [0.4, 0.5) is 4.39 Å². The Morgan fingerprint density at radius 2 is 1.53 bits per heavy atom. The molecule has 5 rings (SSSR count). The highest BCUT2D eigenvalue weighted by molar-refractivity contribution is 6.30. The van der Waals surface area contributed by atoms with Gasteiger partial charge in [0.15, 0.2) is 0 Å². The van der Waals surface area contributed by atoms with Crippen molar-refractivity contribution in [2.45, 2.75) is 0 Å². The van der Waals surface area contributed by atoms with Gasteiger partial charge >= 0.3 is 0 Å². The Hall–Kier alpha value is -4.22. The lowest BCUT2D eigenvalue weighted by Crippen LogP contribution is -2.22. The molecule has 34 heavy (non-hydrogen) atoms. The molecule has 4 nitrogen and oxygen atoms in total. The first-order chi connectivity index (χ1) is 16.6. The minimum absolute atomic E-state index is 0.198. The van der Waals surface area contributed by atoms with Crippen molar-refractivity contribution in [1.82, 2.24) is 9.55 Å². The quantitative estimate of drug-likeness (QED) is 0.275. The Bertz CT molecular complexity index is 1560. The fraction of sp³-hybridized carbons (Fsp3) is 0. The molecular formula is C28H18ClFN2O2. The molecule has 166 valence electrons. The number of ether oxygens (including phenoxy) is 1. The number of hydrogen-bond donors (Lipinski definition) is 0. The number of rotatable bonds is 5.